The Balaban J connectivity index is 2.87. The molecule has 0 aliphatic rings. The number of carbonyl (C=O) groups is 1. The molecule has 1 heterocycles. The van der Waals surface area contributed by atoms with Crippen molar-refractivity contribution in [2.24, 2.45) is 0 Å². The highest BCUT2D eigenvalue weighted by atomic mass is 32.1. The molecule has 0 atom stereocenters. The summed E-state index contributed by atoms with van der Waals surface area (Å²) in [6.07, 6.45) is 0.840. The molecule has 0 aliphatic heterocycles. The predicted octanol–water partition coefficient (Wildman–Crippen LogP) is 1.24. The van der Waals surface area contributed by atoms with Crippen molar-refractivity contribution in [3.63, 3.8) is 0 Å². The van der Waals surface area contributed by atoms with Crippen LogP contribution in [0.3, 0.4) is 0 Å². The van der Waals surface area contributed by atoms with Crippen molar-refractivity contribution in [3.05, 3.63) is 15.8 Å². The molecule has 1 rings (SSSR count). The van der Waals surface area contributed by atoms with Crippen molar-refractivity contribution in [1.29, 1.82) is 0 Å². The summed E-state index contributed by atoms with van der Waals surface area (Å²) in [4.78, 5) is 10.0. The van der Waals surface area contributed by atoms with Crippen molar-refractivity contribution >= 4 is 23.4 Å². The van der Waals surface area contributed by atoms with Gasteiger partial charge in [-0.25, -0.2) is 4.79 Å². The van der Waals surface area contributed by atoms with Crippen LogP contribution >= 0.6 is 11.3 Å². The van der Waals surface area contributed by atoms with Gasteiger partial charge in [0.2, 0.25) is 5.83 Å². The number of aliphatic carboxylic acids is 1. The van der Waals surface area contributed by atoms with Crippen molar-refractivity contribution in [1.82, 2.24) is 10.2 Å². The number of nitrogens with zero attached hydrogens (tertiary/aromatic N) is 2. The highest BCUT2D eigenvalue weighted by molar-refractivity contribution is 7.12. The Labute approximate surface area is 71.4 Å². The molecule has 1 N–H and O–H groups in total. The average molecular weight is 188 g/mol. The van der Waals surface area contributed by atoms with E-state index in [1.807, 2.05) is 0 Å². The Morgan fingerprint density at radius 3 is 2.75 bits per heavy atom. The molecule has 0 saturated heterocycles. The largest absolute Gasteiger partial charge is 0.476 e. The summed E-state index contributed by atoms with van der Waals surface area (Å²) in [6, 6.07) is 0. The maximum absolute atomic E-state index is 12.4. The first kappa shape index (κ1) is 8.79. The standard InChI is InChI=1S/C6H5FN2O2S/c1-3-8-9-5(12-3)2-4(7)6(10)11/h2H,1H3,(H,10,11)/b4-2-. The molecule has 4 nitrogen and oxygen atoms in total. The first-order chi connectivity index (χ1) is 5.59. The second kappa shape index (κ2) is 3.40. The fraction of sp³-hybridized carbons (Fsp3) is 0.167. The molecule has 0 bridgehead atoms. The monoisotopic (exact) mass is 188 g/mol. The third-order valence-electron chi connectivity index (χ3n) is 0.996. The lowest BCUT2D eigenvalue weighted by Gasteiger charge is -1.83. The van der Waals surface area contributed by atoms with Crippen LogP contribution < -0.4 is 0 Å². The van der Waals surface area contributed by atoms with Crippen LogP contribution in [0.5, 0.6) is 0 Å². The van der Waals surface area contributed by atoms with Gasteiger partial charge in [0.15, 0.2) is 0 Å². The number of rotatable bonds is 2. The Hall–Kier alpha value is -1.30. The summed E-state index contributed by atoms with van der Waals surface area (Å²) < 4.78 is 12.4. The van der Waals surface area contributed by atoms with Gasteiger partial charge < -0.3 is 5.11 Å². The Bertz CT molecular complexity index is 334. The highest BCUT2D eigenvalue weighted by Crippen LogP contribution is 2.12. The number of halogens is 1. The molecule has 0 radical (unpaired) electrons. The van der Waals surface area contributed by atoms with Gasteiger partial charge in [-0.3, -0.25) is 0 Å². The smallest absolute Gasteiger partial charge is 0.364 e. The highest BCUT2D eigenvalue weighted by Gasteiger charge is 2.06. The summed E-state index contributed by atoms with van der Waals surface area (Å²) >= 11 is 1.13. The first-order valence-electron chi connectivity index (χ1n) is 3.00. The van der Waals surface area contributed by atoms with Crippen LogP contribution in [0, 0.1) is 6.92 Å². The number of carboxylic acids is 1. The topological polar surface area (TPSA) is 63.1 Å². The van der Waals surface area contributed by atoms with Crippen molar-refractivity contribution < 1.29 is 14.3 Å². The van der Waals surface area contributed by atoms with Crippen LogP contribution in [0.15, 0.2) is 5.83 Å². The molecule has 0 spiro atoms. The molecule has 12 heavy (non-hydrogen) atoms. The lowest BCUT2D eigenvalue weighted by molar-refractivity contribution is -0.134. The van der Waals surface area contributed by atoms with Gasteiger partial charge in [-0.15, -0.1) is 10.2 Å². The zero-order valence-corrected chi connectivity index (χ0v) is 6.93. The van der Waals surface area contributed by atoms with Gasteiger partial charge in [-0.2, -0.15) is 4.39 Å². The van der Waals surface area contributed by atoms with Crippen LogP contribution in [0.4, 0.5) is 4.39 Å². The fourth-order valence-corrected chi connectivity index (χ4v) is 1.17. The van der Waals surface area contributed by atoms with Gasteiger partial charge in [0.05, 0.1) is 0 Å². The number of hydrogen-bond donors (Lipinski definition) is 1. The number of carboxylic acid groups (broad SMARTS) is 1. The Kier molecular flexibility index (Phi) is 2.49. The van der Waals surface area contributed by atoms with E-state index in [2.05, 4.69) is 10.2 Å². The van der Waals surface area contributed by atoms with E-state index < -0.39 is 11.8 Å². The van der Waals surface area contributed by atoms with E-state index in [1.165, 1.54) is 0 Å². The van der Waals surface area contributed by atoms with Crippen LogP contribution in [0.2, 0.25) is 0 Å². The molecular weight excluding hydrogens is 183 g/mol. The second-order valence-corrected chi connectivity index (χ2v) is 3.17. The molecule has 6 heteroatoms. The quantitative estimate of drug-likeness (QED) is 0.709. The van der Waals surface area contributed by atoms with Gasteiger partial charge in [-0.1, -0.05) is 11.3 Å². The minimum atomic E-state index is -1.59. The minimum absolute atomic E-state index is 0.257. The van der Waals surface area contributed by atoms with Crippen LogP contribution in [0.25, 0.3) is 6.08 Å². The van der Waals surface area contributed by atoms with Crippen LogP contribution in [0.1, 0.15) is 10.0 Å². The summed E-state index contributed by atoms with van der Waals surface area (Å²) in [5.74, 6) is -2.82. The SMILES string of the molecule is Cc1nnc(/C=C(\F)C(=O)O)s1. The van der Waals surface area contributed by atoms with Gasteiger partial charge >= 0.3 is 5.97 Å². The first-order valence-corrected chi connectivity index (χ1v) is 3.82. The number of aromatic nitrogens is 2. The lowest BCUT2D eigenvalue weighted by atomic mass is 10.5. The van der Waals surface area contributed by atoms with Gasteiger partial charge in [-0.05, 0) is 6.92 Å². The van der Waals surface area contributed by atoms with Crippen LogP contribution in [-0.2, 0) is 4.79 Å². The number of aryl methyl sites for hydroxylation is 1. The van der Waals surface area contributed by atoms with E-state index in [1.54, 1.807) is 6.92 Å². The third-order valence-corrected chi connectivity index (χ3v) is 1.78. The summed E-state index contributed by atoms with van der Waals surface area (Å²) in [5, 5.41) is 16.2. The normalized spacial score (nSPS) is 11.7. The molecule has 1 aromatic heterocycles. The Morgan fingerprint density at radius 2 is 2.33 bits per heavy atom. The van der Waals surface area contributed by atoms with Gasteiger partial charge in [0.25, 0.3) is 0 Å². The molecule has 0 aliphatic carbocycles. The Morgan fingerprint density at radius 1 is 1.67 bits per heavy atom. The maximum atomic E-state index is 12.4. The number of hydrogen-bond acceptors (Lipinski definition) is 4. The second-order valence-electron chi connectivity index (χ2n) is 1.96. The fourth-order valence-electron chi connectivity index (χ4n) is 0.540. The average Bonchev–Trinajstić information content (AvgIpc) is 2.35. The zero-order valence-electron chi connectivity index (χ0n) is 6.11. The van der Waals surface area contributed by atoms with E-state index in [4.69, 9.17) is 5.11 Å². The van der Waals surface area contributed by atoms with Gasteiger partial charge in [0.1, 0.15) is 10.0 Å². The van der Waals surface area contributed by atoms with Crippen molar-refractivity contribution in [2.45, 2.75) is 6.92 Å². The van der Waals surface area contributed by atoms with Gasteiger partial charge in [0, 0.05) is 6.08 Å². The predicted molar refractivity (Wildman–Crippen MR) is 41.4 cm³/mol. The van der Waals surface area contributed by atoms with E-state index in [9.17, 15) is 9.18 Å². The molecule has 0 fully saturated rings. The molecule has 0 unspecified atom stereocenters. The molecule has 64 valence electrons. The third kappa shape index (κ3) is 2.09. The molecule has 0 amide bonds. The lowest BCUT2D eigenvalue weighted by Crippen LogP contribution is -1.93. The maximum Gasteiger partial charge on any atom is 0.364 e. The van der Waals surface area contributed by atoms with E-state index in [-0.39, 0.29) is 5.01 Å². The molecular formula is C6H5FN2O2S. The zero-order chi connectivity index (χ0) is 9.14. The van der Waals surface area contributed by atoms with E-state index >= 15 is 0 Å². The minimum Gasteiger partial charge on any atom is -0.476 e. The summed E-state index contributed by atoms with van der Waals surface area (Å²) in [7, 11) is 0. The molecule has 0 saturated carbocycles. The summed E-state index contributed by atoms with van der Waals surface area (Å²) in [5.41, 5.74) is 0. The van der Waals surface area contributed by atoms with Crippen molar-refractivity contribution in [2.75, 3.05) is 0 Å². The summed E-state index contributed by atoms with van der Waals surface area (Å²) in [6.45, 7) is 1.70. The molecule has 0 aromatic carbocycles. The molecule has 1 aromatic rings. The van der Waals surface area contributed by atoms with Crippen molar-refractivity contribution in [3.8, 4) is 0 Å². The van der Waals surface area contributed by atoms with Crippen LogP contribution in [-0.4, -0.2) is 21.3 Å². The van der Waals surface area contributed by atoms with E-state index in [0.717, 1.165) is 17.4 Å². The van der Waals surface area contributed by atoms with E-state index in [0.29, 0.717) is 5.01 Å².